The molecule has 2 atom stereocenters. The third-order valence-corrected chi connectivity index (χ3v) is 5.99. The van der Waals surface area contributed by atoms with Gasteiger partial charge in [-0.1, -0.05) is 18.2 Å². The highest BCUT2D eigenvalue weighted by Crippen LogP contribution is 2.29. The van der Waals surface area contributed by atoms with Crippen LogP contribution >= 0.6 is 0 Å². The van der Waals surface area contributed by atoms with Gasteiger partial charge in [0.1, 0.15) is 12.3 Å². The van der Waals surface area contributed by atoms with Gasteiger partial charge in [-0.15, -0.1) is 0 Å². The standard InChI is InChI=1S/C22H38N4O4/c1-5-20(23-13-18-8-7-17(2)19(29-4)10-9-18)24-14-21(25-30-16-28)26-12-6-11-22(26,3)15-27/h9-10,18,27-28H,5-8,11-16H2,1-4H3,(H,23,24)/b25-21+/t18?,22-/m1/s1. The van der Waals surface area contributed by atoms with E-state index in [1.54, 1.807) is 7.11 Å². The maximum Gasteiger partial charge on any atom is 0.214 e. The molecule has 1 unspecified atom stereocenters. The van der Waals surface area contributed by atoms with Crippen LogP contribution in [0, 0.1) is 5.92 Å². The first-order valence-electron chi connectivity index (χ1n) is 10.8. The van der Waals surface area contributed by atoms with Gasteiger partial charge in [0.05, 0.1) is 25.1 Å². The van der Waals surface area contributed by atoms with Gasteiger partial charge in [0.15, 0.2) is 5.84 Å². The van der Waals surface area contributed by atoms with Gasteiger partial charge < -0.3 is 30.0 Å². The minimum absolute atomic E-state index is 0.0404. The molecule has 1 heterocycles. The lowest BCUT2D eigenvalue weighted by Crippen LogP contribution is -2.49. The molecule has 8 heteroatoms. The molecule has 0 aromatic carbocycles. The van der Waals surface area contributed by atoms with E-state index in [4.69, 9.17) is 19.7 Å². The van der Waals surface area contributed by atoms with Crippen LogP contribution < -0.4 is 5.32 Å². The fraction of sp³-hybridized carbons (Fsp3) is 0.727. The van der Waals surface area contributed by atoms with Gasteiger partial charge in [-0.25, -0.2) is 0 Å². The van der Waals surface area contributed by atoms with Crippen LogP contribution in [0.2, 0.25) is 0 Å². The SMILES string of the molecule is CCC(=NC/C(=N\OCO)N1CCC[C@]1(C)CO)NCC1C=CC(OC)=C(C)CC1. The molecular weight excluding hydrogens is 384 g/mol. The van der Waals surface area contributed by atoms with Crippen LogP contribution in [0.15, 0.2) is 33.6 Å². The van der Waals surface area contributed by atoms with Crippen LogP contribution in [0.25, 0.3) is 0 Å². The molecule has 0 bridgehead atoms. The zero-order valence-corrected chi connectivity index (χ0v) is 18.9. The minimum atomic E-state index is -0.485. The minimum Gasteiger partial charge on any atom is -0.497 e. The first kappa shape index (κ1) is 24.2. The van der Waals surface area contributed by atoms with Crippen molar-refractivity contribution in [3.8, 4) is 0 Å². The number of aliphatic imine (C=N–C) groups is 1. The van der Waals surface area contributed by atoms with Gasteiger partial charge in [0.2, 0.25) is 6.79 Å². The molecule has 2 rings (SSSR count). The Morgan fingerprint density at radius 3 is 2.87 bits per heavy atom. The number of allylic oxidation sites excluding steroid dienone is 2. The van der Waals surface area contributed by atoms with Crippen molar-refractivity contribution >= 4 is 11.7 Å². The summed E-state index contributed by atoms with van der Waals surface area (Å²) in [4.78, 5) is 11.7. The van der Waals surface area contributed by atoms with Crippen molar-refractivity contribution in [2.24, 2.45) is 16.1 Å². The van der Waals surface area contributed by atoms with E-state index in [-0.39, 0.29) is 12.1 Å². The topological polar surface area (TPSA) is 98.9 Å². The zero-order chi connectivity index (χ0) is 22.0. The number of hydrogen-bond donors (Lipinski definition) is 3. The zero-order valence-electron chi connectivity index (χ0n) is 18.9. The molecule has 1 aliphatic heterocycles. The molecule has 0 radical (unpaired) electrons. The third kappa shape index (κ3) is 6.47. The fourth-order valence-corrected chi connectivity index (χ4v) is 4.00. The second kappa shape index (κ2) is 12.0. The molecule has 2 aliphatic rings. The van der Waals surface area contributed by atoms with E-state index < -0.39 is 6.79 Å². The molecule has 3 N–H and O–H groups in total. The van der Waals surface area contributed by atoms with Crippen LogP contribution in [0.4, 0.5) is 0 Å². The van der Waals surface area contributed by atoms with E-state index in [1.165, 1.54) is 5.57 Å². The van der Waals surface area contributed by atoms with Gasteiger partial charge in [-0.3, -0.25) is 4.99 Å². The Kier molecular flexibility index (Phi) is 9.65. The normalized spacial score (nSPS) is 25.5. The molecule has 1 saturated heterocycles. The largest absolute Gasteiger partial charge is 0.497 e. The monoisotopic (exact) mass is 422 g/mol. The highest BCUT2D eigenvalue weighted by atomic mass is 16.7. The van der Waals surface area contributed by atoms with E-state index in [0.717, 1.165) is 56.8 Å². The molecule has 30 heavy (non-hydrogen) atoms. The third-order valence-electron chi connectivity index (χ3n) is 5.99. The smallest absolute Gasteiger partial charge is 0.214 e. The summed E-state index contributed by atoms with van der Waals surface area (Å²) in [6.07, 6.45) is 9.00. The lowest BCUT2D eigenvalue weighted by Gasteiger charge is -2.35. The Balaban J connectivity index is 2.00. The summed E-state index contributed by atoms with van der Waals surface area (Å²) < 4.78 is 5.43. The molecule has 1 aliphatic carbocycles. The summed E-state index contributed by atoms with van der Waals surface area (Å²) in [5, 5.41) is 26.4. The van der Waals surface area contributed by atoms with Gasteiger partial charge in [-0.2, -0.15) is 0 Å². The number of oxime groups is 1. The van der Waals surface area contributed by atoms with E-state index in [0.29, 0.717) is 18.3 Å². The molecule has 170 valence electrons. The fourth-order valence-electron chi connectivity index (χ4n) is 4.00. The van der Waals surface area contributed by atoms with Crippen LogP contribution in [0.5, 0.6) is 0 Å². The number of ether oxygens (including phenoxy) is 1. The van der Waals surface area contributed by atoms with Gasteiger partial charge >= 0.3 is 0 Å². The summed E-state index contributed by atoms with van der Waals surface area (Å²) >= 11 is 0. The molecule has 8 nitrogen and oxygen atoms in total. The van der Waals surface area contributed by atoms with Crippen molar-refractivity contribution in [1.29, 1.82) is 0 Å². The molecule has 0 saturated carbocycles. The molecular formula is C22H38N4O4. The van der Waals surface area contributed by atoms with E-state index >= 15 is 0 Å². The van der Waals surface area contributed by atoms with Gasteiger partial charge in [0.25, 0.3) is 0 Å². The first-order valence-corrected chi connectivity index (χ1v) is 10.8. The van der Waals surface area contributed by atoms with E-state index in [2.05, 4.69) is 36.5 Å². The molecule has 0 aromatic rings. The highest BCUT2D eigenvalue weighted by molar-refractivity contribution is 5.89. The highest BCUT2D eigenvalue weighted by Gasteiger charge is 2.38. The molecule has 1 fully saturated rings. The first-order chi connectivity index (χ1) is 14.5. The number of nitrogens with one attached hydrogen (secondary N) is 1. The molecule has 0 spiro atoms. The number of hydrogen-bond acceptors (Lipinski definition) is 6. The Morgan fingerprint density at radius 2 is 2.20 bits per heavy atom. The Morgan fingerprint density at radius 1 is 1.40 bits per heavy atom. The lowest BCUT2D eigenvalue weighted by atomic mass is 10.0. The average molecular weight is 423 g/mol. The number of amidine groups is 2. The maximum atomic E-state index is 9.85. The molecule has 0 aromatic heterocycles. The van der Waals surface area contributed by atoms with Crippen molar-refractivity contribution in [1.82, 2.24) is 10.2 Å². The predicted molar refractivity (Wildman–Crippen MR) is 119 cm³/mol. The number of methoxy groups -OCH3 is 1. The van der Waals surface area contributed by atoms with Gasteiger partial charge in [-0.05, 0) is 57.1 Å². The number of nitrogens with zero attached hydrogens (tertiary/aromatic N) is 3. The Hall–Kier alpha value is -2.06. The van der Waals surface area contributed by atoms with Crippen molar-refractivity contribution in [3.05, 3.63) is 23.5 Å². The number of aliphatic hydroxyl groups excluding tert-OH is 2. The summed E-state index contributed by atoms with van der Waals surface area (Å²) in [6, 6.07) is 0. The van der Waals surface area contributed by atoms with Crippen molar-refractivity contribution in [2.45, 2.75) is 58.4 Å². The summed E-state index contributed by atoms with van der Waals surface area (Å²) in [5.74, 6) is 2.91. The Labute approximate surface area is 180 Å². The van der Waals surface area contributed by atoms with Crippen LogP contribution in [0.1, 0.15) is 52.9 Å². The maximum absolute atomic E-state index is 9.85. The average Bonchev–Trinajstić information content (AvgIpc) is 3.05. The van der Waals surface area contributed by atoms with Crippen molar-refractivity contribution in [3.63, 3.8) is 0 Å². The van der Waals surface area contributed by atoms with Gasteiger partial charge in [0, 0.05) is 19.5 Å². The second-order valence-electron chi connectivity index (χ2n) is 8.18. The van der Waals surface area contributed by atoms with Crippen molar-refractivity contribution in [2.75, 3.05) is 40.1 Å². The predicted octanol–water partition coefficient (Wildman–Crippen LogP) is 2.40. The second-order valence-corrected chi connectivity index (χ2v) is 8.18. The lowest BCUT2D eigenvalue weighted by molar-refractivity contribution is -0.00170. The molecule has 0 amide bonds. The summed E-state index contributed by atoms with van der Waals surface area (Å²) in [6.45, 7) is 7.69. The quantitative estimate of drug-likeness (QED) is 0.228. The van der Waals surface area contributed by atoms with Crippen LogP contribution in [-0.2, 0) is 9.57 Å². The number of likely N-dealkylation sites (tertiary alicyclic amines) is 1. The summed E-state index contributed by atoms with van der Waals surface area (Å²) in [7, 11) is 1.71. The van der Waals surface area contributed by atoms with Crippen LogP contribution in [-0.4, -0.2) is 72.5 Å². The van der Waals surface area contributed by atoms with E-state index in [1.807, 2.05) is 11.8 Å². The summed E-state index contributed by atoms with van der Waals surface area (Å²) in [5.41, 5.74) is 0.907. The Bertz CT molecular complexity index is 674. The van der Waals surface area contributed by atoms with E-state index in [9.17, 15) is 5.11 Å². The van der Waals surface area contributed by atoms with Crippen LogP contribution in [0.3, 0.4) is 0 Å². The number of aliphatic hydroxyl groups is 2. The van der Waals surface area contributed by atoms with Crippen molar-refractivity contribution < 1.29 is 19.8 Å². The number of rotatable bonds is 9.